The number of aliphatic hydroxyl groups excluding tert-OH is 1. The molecule has 0 radical (unpaired) electrons. The van der Waals surface area contributed by atoms with Gasteiger partial charge in [-0.2, -0.15) is 5.26 Å². The van der Waals surface area contributed by atoms with E-state index in [9.17, 15) is 4.39 Å². The molecule has 0 amide bonds. The Bertz CT molecular complexity index is 122. The second-order valence-electron chi connectivity index (χ2n) is 2.44. The van der Waals surface area contributed by atoms with Gasteiger partial charge in [-0.15, -0.1) is 0 Å². The summed E-state index contributed by atoms with van der Waals surface area (Å²) in [5, 5.41) is 16.8. The summed E-state index contributed by atoms with van der Waals surface area (Å²) in [6, 6.07) is 1.68. The number of nitriles is 1. The molecule has 0 aromatic heterocycles. The lowest BCUT2D eigenvalue weighted by molar-refractivity contribution is 0.0210. The molecule has 2 nitrogen and oxygen atoms in total. The third-order valence-corrected chi connectivity index (χ3v) is 1.08. The summed E-state index contributed by atoms with van der Waals surface area (Å²) >= 11 is 0. The maximum atomic E-state index is 12.6. The Morgan fingerprint density at radius 1 is 1.78 bits per heavy atom. The van der Waals surface area contributed by atoms with Crippen molar-refractivity contribution >= 4 is 0 Å². The molecule has 0 aromatic carbocycles. The molecule has 0 saturated carbocycles. The van der Waals surface area contributed by atoms with E-state index in [2.05, 4.69) is 0 Å². The van der Waals surface area contributed by atoms with Crippen molar-refractivity contribution in [3.63, 3.8) is 0 Å². The van der Waals surface area contributed by atoms with Crippen molar-refractivity contribution in [2.24, 2.45) is 0 Å². The highest BCUT2D eigenvalue weighted by molar-refractivity contribution is 4.85. The molecule has 0 spiro atoms. The highest BCUT2D eigenvalue weighted by atomic mass is 19.1. The number of rotatable bonds is 2. The number of alkyl halides is 1. The minimum atomic E-state index is -1.66. The number of hydrogen-bond donors (Lipinski definition) is 1. The van der Waals surface area contributed by atoms with Crippen LogP contribution in [0.1, 0.15) is 20.3 Å². The topological polar surface area (TPSA) is 44.0 Å². The summed E-state index contributed by atoms with van der Waals surface area (Å²) < 4.78 is 12.6. The summed E-state index contributed by atoms with van der Waals surface area (Å²) in [6.07, 6.45) is -1.31. The van der Waals surface area contributed by atoms with Crippen LogP contribution >= 0.6 is 0 Å². The van der Waals surface area contributed by atoms with Crippen molar-refractivity contribution in [1.82, 2.24) is 0 Å². The standard InChI is InChI=1S/C6H10FNO/c1-6(2,7)5(9)3-4-8/h5,9H,3H2,1-2H3. The van der Waals surface area contributed by atoms with Crippen LogP contribution in [0.25, 0.3) is 0 Å². The smallest absolute Gasteiger partial charge is 0.132 e. The summed E-state index contributed by atoms with van der Waals surface area (Å²) in [5.74, 6) is 0. The van der Waals surface area contributed by atoms with E-state index >= 15 is 0 Å². The van der Waals surface area contributed by atoms with E-state index in [1.807, 2.05) is 0 Å². The Hall–Kier alpha value is -0.620. The second kappa shape index (κ2) is 2.79. The molecular formula is C6H10FNO. The van der Waals surface area contributed by atoms with Crippen molar-refractivity contribution in [3.05, 3.63) is 0 Å². The highest BCUT2D eigenvalue weighted by Gasteiger charge is 2.26. The van der Waals surface area contributed by atoms with Gasteiger partial charge in [0.2, 0.25) is 0 Å². The molecule has 1 N–H and O–H groups in total. The average molecular weight is 131 g/mol. The molecule has 0 aromatic rings. The average Bonchev–Trinajstić information content (AvgIpc) is 1.64. The fourth-order valence-corrected chi connectivity index (χ4v) is 0.329. The maximum absolute atomic E-state index is 12.6. The predicted molar refractivity (Wildman–Crippen MR) is 31.4 cm³/mol. The largest absolute Gasteiger partial charge is 0.389 e. The zero-order valence-corrected chi connectivity index (χ0v) is 5.56. The molecule has 3 heteroatoms. The van der Waals surface area contributed by atoms with Crippen LogP contribution in [0.15, 0.2) is 0 Å². The predicted octanol–water partition coefficient (Wildman–Crippen LogP) is 1.01. The van der Waals surface area contributed by atoms with Crippen molar-refractivity contribution < 1.29 is 9.50 Å². The van der Waals surface area contributed by atoms with E-state index in [4.69, 9.17) is 10.4 Å². The van der Waals surface area contributed by atoms with Gasteiger partial charge in [-0.25, -0.2) is 4.39 Å². The molecule has 52 valence electrons. The van der Waals surface area contributed by atoms with Crippen molar-refractivity contribution in [3.8, 4) is 6.07 Å². The summed E-state index contributed by atoms with van der Waals surface area (Å²) in [4.78, 5) is 0. The Kier molecular flexibility index (Phi) is 2.60. The van der Waals surface area contributed by atoms with E-state index < -0.39 is 11.8 Å². The Balaban J connectivity index is 3.76. The lowest BCUT2D eigenvalue weighted by Crippen LogP contribution is -2.30. The minimum Gasteiger partial charge on any atom is -0.389 e. The number of halogens is 1. The second-order valence-corrected chi connectivity index (χ2v) is 2.44. The molecule has 9 heavy (non-hydrogen) atoms. The Morgan fingerprint density at radius 3 is 2.33 bits per heavy atom. The fraction of sp³-hybridized carbons (Fsp3) is 0.833. The van der Waals surface area contributed by atoms with Crippen LogP contribution in [0.5, 0.6) is 0 Å². The third kappa shape index (κ3) is 3.04. The number of nitrogens with zero attached hydrogens (tertiary/aromatic N) is 1. The lowest BCUT2D eigenvalue weighted by Gasteiger charge is -2.18. The SMILES string of the molecule is CC(C)(F)C(O)CC#N. The molecular weight excluding hydrogens is 121 g/mol. The van der Waals surface area contributed by atoms with Gasteiger partial charge < -0.3 is 5.11 Å². The van der Waals surface area contributed by atoms with E-state index in [1.54, 1.807) is 6.07 Å². The molecule has 0 aliphatic heterocycles. The van der Waals surface area contributed by atoms with Crippen LogP contribution in [-0.2, 0) is 0 Å². The van der Waals surface area contributed by atoms with Crippen molar-refractivity contribution in [2.45, 2.75) is 32.0 Å². The van der Waals surface area contributed by atoms with Gasteiger partial charge >= 0.3 is 0 Å². The first-order valence-electron chi connectivity index (χ1n) is 2.72. The van der Waals surface area contributed by atoms with Gasteiger partial charge in [0.05, 0.1) is 12.5 Å². The molecule has 0 saturated heterocycles. The summed E-state index contributed by atoms with van der Waals surface area (Å²) in [6.45, 7) is 2.49. The monoisotopic (exact) mass is 131 g/mol. The van der Waals surface area contributed by atoms with Gasteiger partial charge in [-0.1, -0.05) is 0 Å². The lowest BCUT2D eigenvalue weighted by atomic mass is 10.0. The van der Waals surface area contributed by atoms with E-state index in [1.165, 1.54) is 13.8 Å². The van der Waals surface area contributed by atoms with Gasteiger partial charge in [0.1, 0.15) is 11.8 Å². The van der Waals surface area contributed by atoms with E-state index in [0.29, 0.717) is 0 Å². The quantitative estimate of drug-likeness (QED) is 0.607. The molecule has 0 aliphatic carbocycles. The highest BCUT2D eigenvalue weighted by Crippen LogP contribution is 2.15. The summed E-state index contributed by atoms with van der Waals surface area (Å²) in [5.41, 5.74) is -1.66. The molecule has 0 aliphatic rings. The van der Waals surface area contributed by atoms with Gasteiger partial charge in [-0.05, 0) is 13.8 Å². The molecule has 1 unspecified atom stereocenters. The zero-order chi connectivity index (χ0) is 7.49. The Labute approximate surface area is 53.9 Å². The van der Waals surface area contributed by atoms with E-state index in [0.717, 1.165) is 0 Å². The van der Waals surface area contributed by atoms with Crippen LogP contribution in [0.3, 0.4) is 0 Å². The van der Waals surface area contributed by atoms with Gasteiger partial charge in [0.25, 0.3) is 0 Å². The molecule has 0 bridgehead atoms. The van der Waals surface area contributed by atoms with Crippen LogP contribution in [0.4, 0.5) is 4.39 Å². The number of hydrogen-bond acceptors (Lipinski definition) is 2. The molecule has 0 heterocycles. The number of aliphatic hydroxyl groups is 1. The first kappa shape index (κ1) is 8.38. The minimum absolute atomic E-state index is 0.149. The first-order valence-corrected chi connectivity index (χ1v) is 2.72. The first-order chi connectivity index (χ1) is 3.98. The summed E-state index contributed by atoms with van der Waals surface area (Å²) in [7, 11) is 0. The maximum Gasteiger partial charge on any atom is 0.132 e. The molecule has 0 rings (SSSR count). The van der Waals surface area contributed by atoms with Crippen LogP contribution < -0.4 is 0 Å². The van der Waals surface area contributed by atoms with Crippen LogP contribution in [-0.4, -0.2) is 16.9 Å². The van der Waals surface area contributed by atoms with Gasteiger partial charge in [0.15, 0.2) is 0 Å². The van der Waals surface area contributed by atoms with Crippen molar-refractivity contribution in [1.29, 1.82) is 5.26 Å². The molecule has 1 atom stereocenters. The van der Waals surface area contributed by atoms with Gasteiger partial charge in [0, 0.05) is 0 Å². The van der Waals surface area contributed by atoms with Gasteiger partial charge in [-0.3, -0.25) is 0 Å². The Morgan fingerprint density at radius 2 is 2.22 bits per heavy atom. The third-order valence-electron chi connectivity index (χ3n) is 1.08. The molecule has 0 fully saturated rings. The van der Waals surface area contributed by atoms with Crippen molar-refractivity contribution in [2.75, 3.05) is 0 Å². The van der Waals surface area contributed by atoms with E-state index in [-0.39, 0.29) is 6.42 Å². The fourth-order valence-electron chi connectivity index (χ4n) is 0.329. The normalized spacial score (nSPS) is 14.6. The van der Waals surface area contributed by atoms with Crippen LogP contribution in [0.2, 0.25) is 0 Å². The zero-order valence-electron chi connectivity index (χ0n) is 5.56. The van der Waals surface area contributed by atoms with Crippen LogP contribution in [0, 0.1) is 11.3 Å².